The van der Waals surface area contributed by atoms with Crippen LogP contribution in [-0.4, -0.2) is 19.8 Å². The molecule has 0 saturated heterocycles. The second kappa shape index (κ2) is 5.40. The number of benzene rings is 1. The van der Waals surface area contributed by atoms with Gasteiger partial charge in [0.25, 0.3) is 0 Å². The lowest BCUT2D eigenvalue weighted by Gasteiger charge is -2.12. The Labute approximate surface area is 103 Å². The van der Waals surface area contributed by atoms with E-state index >= 15 is 0 Å². The van der Waals surface area contributed by atoms with Gasteiger partial charge in [-0.25, -0.2) is 8.42 Å². The average Bonchev–Trinajstić information content (AvgIpc) is 2.19. The molecule has 0 aromatic heterocycles. The van der Waals surface area contributed by atoms with E-state index in [1.807, 2.05) is 13.8 Å². The number of rotatable bonds is 5. The largest absolute Gasteiger partial charge is 0.491 e. The molecule has 0 radical (unpaired) electrons. The van der Waals surface area contributed by atoms with E-state index in [-0.39, 0.29) is 6.10 Å². The van der Waals surface area contributed by atoms with Gasteiger partial charge in [0.05, 0.1) is 11.4 Å². The zero-order chi connectivity index (χ0) is 13.1. The summed E-state index contributed by atoms with van der Waals surface area (Å²) in [4.78, 5) is 0. The van der Waals surface area contributed by atoms with E-state index in [0.717, 1.165) is 5.75 Å². The fourth-order valence-electron chi connectivity index (χ4n) is 1.16. The highest BCUT2D eigenvalue weighted by atomic mass is 32.2. The van der Waals surface area contributed by atoms with Crippen LogP contribution >= 0.6 is 0 Å². The normalized spacial score (nSPS) is 11.9. The van der Waals surface area contributed by atoms with Gasteiger partial charge >= 0.3 is 0 Å². The summed E-state index contributed by atoms with van der Waals surface area (Å²) in [7, 11) is -3.28. The number of hydrogen-bond donors (Lipinski definition) is 1. The van der Waals surface area contributed by atoms with Crippen LogP contribution in [0.5, 0.6) is 5.75 Å². The first-order valence-electron chi connectivity index (χ1n) is 5.59. The third kappa shape index (κ3) is 4.26. The molecule has 4 nitrogen and oxygen atoms in total. The molecule has 1 rings (SSSR count). The quantitative estimate of drug-likeness (QED) is 0.882. The summed E-state index contributed by atoms with van der Waals surface area (Å²) in [6, 6.07) is 6.88. The SMILES string of the molecule is CC(C)Oc1ccc(NS(=O)(=O)C(C)C)cc1. The lowest BCUT2D eigenvalue weighted by Crippen LogP contribution is -2.22. The van der Waals surface area contributed by atoms with E-state index in [2.05, 4.69) is 4.72 Å². The van der Waals surface area contributed by atoms with E-state index in [9.17, 15) is 8.42 Å². The summed E-state index contributed by atoms with van der Waals surface area (Å²) in [6.07, 6.45) is 0.105. The molecule has 0 aliphatic heterocycles. The minimum atomic E-state index is -3.28. The highest BCUT2D eigenvalue weighted by Crippen LogP contribution is 2.18. The van der Waals surface area contributed by atoms with Gasteiger partial charge in [-0.2, -0.15) is 0 Å². The van der Waals surface area contributed by atoms with Crippen molar-refractivity contribution in [3.63, 3.8) is 0 Å². The van der Waals surface area contributed by atoms with Crippen LogP contribution in [0.4, 0.5) is 5.69 Å². The highest BCUT2D eigenvalue weighted by molar-refractivity contribution is 7.93. The maximum atomic E-state index is 11.6. The van der Waals surface area contributed by atoms with Gasteiger partial charge in [0, 0.05) is 5.69 Å². The molecule has 5 heteroatoms. The average molecular weight is 257 g/mol. The molecule has 0 aliphatic rings. The Morgan fingerprint density at radius 1 is 1.06 bits per heavy atom. The van der Waals surface area contributed by atoms with Crippen molar-refractivity contribution in [2.24, 2.45) is 0 Å². The molecule has 1 aromatic carbocycles. The van der Waals surface area contributed by atoms with Crippen LogP contribution in [0.3, 0.4) is 0 Å². The predicted octanol–water partition coefficient (Wildman–Crippen LogP) is 2.62. The molecular weight excluding hydrogens is 238 g/mol. The molecule has 17 heavy (non-hydrogen) atoms. The van der Waals surface area contributed by atoms with Gasteiger partial charge in [-0.15, -0.1) is 0 Å². The van der Waals surface area contributed by atoms with Crippen LogP contribution in [0.15, 0.2) is 24.3 Å². The van der Waals surface area contributed by atoms with Crippen molar-refractivity contribution in [3.8, 4) is 5.75 Å². The predicted molar refractivity (Wildman–Crippen MR) is 69.9 cm³/mol. The Balaban J connectivity index is 2.76. The van der Waals surface area contributed by atoms with E-state index in [1.54, 1.807) is 38.1 Å². The Morgan fingerprint density at radius 2 is 1.59 bits per heavy atom. The first kappa shape index (κ1) is 13.8. The zero-order valence-electron chi connectivity index (χ0n) is 10.6. The highest BCUT2D eigenvalue weighted by Gasteiger charge is 2.15. The molecule has 0 bridgehead atoms. The third-order valence-corrected chi connectivity index (χ3v) is 3.87. The van der Waals surface area contributed by atoms with Crippen LogP contribution in [0.2, 0.25) is 0 Å². The number of nitrogens with one attached hydrogen (secondary N) is 1. The van der Waals surface area contributed by atoms with Crippen molar-refractivity contribution in [1.82, 2.24) is 0 Å². The maximum Gasteiger partial charge on any atom is 0.235 e. The van der Waals surface area contributed by atoms with Gasteiger partial charge in [0.1, 0.15) is 5.75 Å². The lowest BCUT2D eigenvalue weighted by molar-refractivity contribution is 0.242. The third-order valence-electron chi connectivity index (χ3n) is 2.11. The number of sulfonamides is 1. The Kier molecular flexibility index (Phi) is 4.40. The number of anilines is 1. The Hall–Kier alpha value is -1.23. The van der Waals surface area contributed by atoms with Crippen molar-refractivity contribution in [3.05, 3.63) is 24.3 Å². The van der Waals surface area contributed by atoms with Gasteiger partial charge < -0.3 is 4.74 Å². The molecule has 1 aromatic rings. The Bertz CT molecular complexity index is 449. The molecule has 1 N–H and O–H groups in total. The van der Waals surface area contributed by atoms with E-state index < -0.39 is 15.3 Å². The van der Waals surface area contributed by atoms with Crippen LogP contribution in [-0.2, 0) is 10.0 Å². The van der Waals surface area contributed by atoms with Gasteiger partial charge in [-0.05, 0) is 52.0 Å². The topological polar surface area (TPSA) is 55.4 Å². The van der Waals surface area contributed by atoms with Crippen molar-refractivity contribution in [1.29, 1.82) is 0 Å². The summed E-state index contributed by atoms with van der Waals surface area (Å²) in [5, 5.41) is -0.450. The molecule has 0 amide bonds. The molecule has 0 saturated carbocycles. The molecule has 96 valence electrons. The molecule has 0 aliphatic carbocycles. The van der Waals surface area contributed by atoms with Crippen LogP contribution in [0, 0.1) is 0 Å². The summed E-state index contributed by atoms with van der Waals surface area (Å²) in [6.45, 7) is 7.15. The Morgan fingerprint density at radius 3 is 2.00 bits per heavy atom. The fraction of sp³-hybridized carbons (Fsp3) is 0.500. The van der Waals surface area contributed by atoms with E-state index in [0.29, 0.717) is 5.69 Å². The summed E-state index contributed by atoms with van der Waals surface area (Å²) < 4.78 is 31.2. The van der Waals surface area contributed by atoms with Gasteiger partial charge in [0.2, 0.25) is 10.0 Å². The van der Waals surface area contributed by atoms with E-state index in [4.69, 9.17) is 4.74 Å². The minimum absolute atomic E-state index is 0.105. The molecule has 0 atom stereocenters. The lowest BCUT2D eigenvalue weighted by atomic mass is 10.3. The van der Waals surface area contributed by atoms with Crippen molar-refractivity contribution in [2.45, 2.75) is 39.0 Å². The van der Waals surface area contributed by atoms with Crippen LogP contribution in [0.1, 0.15) is 27.7 Å². The zero-order valence-corrected chi connectivity index (χ0v) is 11.4. The van der Waals surface area contributed by atoms with Gasteiger partial charge in [-0.1, -0.05) is 0 Å². The molecule has 0 heterocycles. The minimum Gasteiger partial charge on any atom is -0.491 e. The molecule has 0 fully saturated rings. The standard InChI is InChI=1S/C12H19NO3S/c1-9(2)16-12-7-5-11(6-8-12)13-17(14,15)10(3)4/h5-10,13H,1-4H3. The van der Waals surface area contributed by atoms with E-state index in [1.165, 1.54) is 0 Å². The van der Waals surface area contributed by atoms with Crippen molar-refractivity contribution < 1.29 is 13.2 Å². The first-order chi connectivity index (χ1) is 7.81. The van der Waals surface area contributed by atoms with Gasteiger partial charge in [0.15, 0.2) is 0 Å². The van der Waals surface area contributed by atoms with Crippen molar-refractivity contribution in [2.75, 3.05) is 4.72 Å². The molecule has 0 unspecified atom stereocenters. The molecular formula is C12H19NO3S. The van der Waals surface area contributed by atoms with Gasteiger partial charge in [-0.3, -0.25) is 4.72 Å². The first-order valence-corrected chi connectivity index (χ1v) is 7.14. The number of ether oxygens (including phenoxy) is 1. The second-order valence-corrected chi connectivity index (χ2v) is 6.62. The van der Waals surface area contributed by atoms with Crippen LogP contribution < -0.4 is 9.46 Å². The van der Waals surface area contributed by atoms with Crippen molar-refractivity contribution >= 4 is 15.7 Å². The summed E-state index contributed by atoms with van der Waals surface area (Å²) in [5.41, 5.74) is 0.551. The smallest absolute Gasteiger partial charge is 0.235 e. The molecule has 0 spiro atoms. The summed E-state index contributed by atoms with van der Waals surface area (Å²) in [5.74, 6) is 0.729. The van der Waals surface area contributed by atoms with Crippen LogP contribution in [0.25, 0.3) is 0 Å². The monoisotopic (exact) mass is 257 g/mol. The number of hydrogen-bond acceptors (Lipinski definition) is 3. The summed E-state index contributed by atoms with van der Waals surface area (Å²) >= 11 is 0. The fourth-order valence-corrected chi connectivity index (χ4v) is 1.86. The maximum absolute atomic E-state index is 11.6. The second-order valence-electron chi connectivity index (χ2n) is 4.39.